The molecule has 0 aliphatic heterocycles. The zero-order valence-corrected chi connectivity index (χ0v) is 14.0. The molecule has 3 aromatic rings. The van der Waals surface area contributed by atoms with Crippen molar-refractivity contribution in [1.82, 2.24) is 9.55 Å². The Morgan fingerprint density at radius 3 is 2.19 bits per heavy atom. The van der Waals surface area contributed by atoms with E-state index in [9.17, 15) is 13.2 Å². The van der Waals surface area contributed by atoms with Gasteiger partial charge in [-0.2, -0.15) is 0 Å². The molecule has 108 valence electrons. The van der Waals surface area contributed by atoms with Gasteiger partial charge in [-0.3, -0.25) is 4.57 Å². The van der Waals surface area contributed by atoms with Gasteiger partial charge in [-0.05, 0) is 46.3 Å². The predicted octanol–water partition coefficient (Wildman–Crippen LogP) is 5.63. The summed E-state index contributed by atoms with van der Waals surface area (Å²) >= 11 is 11.2. The zero-order valence-electron chi connectivity index (χ0n) is 10.1. The Morgan fingerprint density at radius 1 is 0.952 bits per heavy atom. The van der Waals surface area contributed by atoms with E-state index < -0.39 is 17.5 Å². The fourth-order valence-electron chi connectivity index (χ4n) is 2.07. The molecule has 0 fully saturated rings. The van der Waals surface area contributed by atoms with Crippen LogP contribution in [0.15, 0.2) is 33.2 Å². The van der Waals surface area contributed by atoms with Crippen molar-refractivity contribution >= 4 is 55.1 Å². The molecule has 0 unspecified atom stereocenters. The van der Waals surface area contributed by atoms with Gasteiger partial charge in [-0.1, -0.05) is 15.9 Å². The summed E-state index contributed by atoms with van der Waals surface area (Å²) in [6, 6.07) is 4.90. The minimum Gasteiger partial charge on any atom is -0.330 e. The monoisotopic (exact) mass is 436 g/mol. The van der Waals surface area contributed by atoms with E-state index in [4.69, 9.17) is 12.2 Å². The number of benzene rings is 2. The van der Waals surface area contributed by atoms with Gasteiger partial charge in [0.15, 0.2) is 16.4 Å². The van der Waals surface area contributed by atoms with Crippen molar-refractivity contribution in [2.75, 3.05) is 0 Å². The minimum atomic E-state index is -0.778. The van der Waals surface area contributed by atoms with E-state index in [2.05, 4.69) is 36.8 Å². The Bertz CT molecular complexity index is 910. The van der Waals surface area contributed by atoms with Crippen LogP contribution < -0.4 is 0 Å². The maximum atomic E-state index is 14.1. The first-order valence-electron chi connectivity index (χ1n) is 5.63. The highest BCUT2D eigenvalue weighted by Crippen LogP contribution is 2.29. The molecule has 1 N–H and O–H groups in total. The molecule has 0 spiro atoms. The van der Waals surface area contributed by atoms with Crippen LogP contribution in [0.2, 0.25) is 0 Å². The fraction of sp³-hybridized carbons (Fsp3) is 0. The van der Waals surface area contributed by atoms with Crippen LogP contribution in [0.4, 0.5) is 13.2 Å². The predicted molar refractivity (Wildman–Crippen MR) is 83.7 cm³/mol. The molecule has 0 aliphatic carbocycles. The lowest BCUT2D eigenvalue weighted by atomic mass is 10.2. The summed E-state index contributed by atoms with van der Waals surface area (Å²) in [6.45, 7) is 0. The Labute approximate surface area is 138 Å². The molecule has 0 saturated carbocycles. The van der Waals surface area contributed by atoms with Gasteiger partial charge in [-0.25, -0.2) is 13.2 Å². The molecular weight excluding hydrogens is 433 g/mol. The molecule has 2 nitrogen and oxygen atoms in total. The molecule has 1 heterocycles. The summed E-state index contributed by atoms with van der Waals surface area (Å²) in [5.41, 5.74) is 0.406. The topological polar surface area (TPSA) is 20.7 Å². The van der Waals surface area contributed by atoms with Crippen LogP contribution in [-0.2, 0) is 0 Å². The first-order chi connectivity index (χ1) is 9.88. The second-order valence-corrected chi connectivity index (χ2v) is 6.42. The summed E-state index contributed by atoms with van der Waals surface area (Å²) in [5, 5.41) is 0. The lowest BCUT2D eigenvalue weighted by Crippen LogP contribution is -2.02. The number of H-pyrrole nitrogens is 1. The summed E-state index contributed by atoms with van der Waals surface area (Å²) in [6.07, 6.45) is 0. The number of halogens is 5. The quantitative estimate of drug-likeness (QED) is 0.489. The standard InChI is InChI=1S/C13H5Br2F3N2S/c14-5-1-8(17)12(9(18)2-5)20-11-3-6(15)7(16)4-10(11)19-13(20)21/h1-4H,(H,19,21). The number of hydrogen-bond acceptors (Lipinski definition) is 1. The van der Waals surface area contributed by atoms with Crippen molar-refractivity contribution in [3.8, 4) is 5.69 Å². The first kappa shape index (κ1) is 14.8. The van der Waals surface area contributed by atoms with Crippen LogP contribution in [0.1, 0.15) is 0 Å². The number of imidazole rings is 1. The summed E-state index contributed by atoms with van der Waals surface area (Å²) < 4.78 is 43.5. The van der Waals surface area contributed by atoms with Crippen LogP contribution >= 0.6 is 44.1 Å². The van der Waals surface area contributed by atoms with Gasteiger partial charge in [0, 0.05) is 10.5 Å². The van der Waals surface area contributed by atoms with Crippen LogP contribution in [-0.4, -0.2) is 9.55 Å². The van der Waals surface area contributed by atoms with Gasteiger partial charge in [0.05, 0.1) is 15.5 Å². The highest BCUT2D eigenvalue weighted by atomic mass is 79.9. The van der Waals surface area contributed by atoms with Crippen molar-refractivity contribution < 1.29 is 13.2 Å². The van der Waals surface area contributed by atoms with Crippen molar-refractivity contribution in [2.24, 2.45) is 0 Å². The van der Waals surface area contributed by atoms with E-state index in [-0.39, 0.29) is 19.4 Å². The van der Waals surface area contributed by atoms with Crippen LogP contribution in [0.5, 0.6) is 0 Å². The zero-order chi connectivity index (χ0) is 15.3. The summed E-state index contributed by atoms with van der Waals surface area (Å²) in [5.74, 6) is -2.05. The number of rotatable bonds is 1. The minimum absolute atomic E-state index is 0.0719. The van der Waals surface area contributed by atoms with Gasteiger partial charge in [0.25, 0.3) is 0 Å². The van der Waals surface area contributed by atoms with Gasteiger partial charge in [-0.15, -0.1) is 0 Å². The van der Waals surface area contributed by atoms with Crippen molar-refractivity contribution in [1.29, 1.82) is 0 Å². The van der Waals surface area contributed by atoms with E-state index in [0.717, 1.165) is 12.1 Å². The number of aromatic nitrogens is 2. The van der Waals surface area contributed by atoms with Gasteiger partial charge in [0.1, 0.15) is 11.5 Å². The van der Waals surface area contributed by atoms with Crippen LogP contribution in [0.25, 0.3) is 16.7 Å². The lowest BCUT2D eigenvalue weighted by molar-refractivity contribution is 0.569. The molecule has 0 atom stereocenters. The van der Waals surface area contributed by atoms with Crippen LogP contribution in [0.3, 0.4) is 0 Å². The number of hydrogen-bond donors (Lipinski definition) is 1. The van der Waals surface area contributed by atoms with Gasteiger partial charge >= 0.3 is 0 Å². The third-order valence-electron chi connectivity index (χ3n) is 2.93. The Hall–Kier alpha value is -1.12. The van der Waals surface area contributed by atoms with Crippen molar-refractivity contribution in [2.45, 2.75) is 0 Å². The highest BCUT2D eigenvalue weighted by molar-refractivity contribution is 9.10. The van der Waals surface area contributed by atoms with Crippen molar-refractivity contribution in [3.63, 3.8) is 0 Å². The molecule has 3 rings (SSSR count). The third-order valence-corrected chi connectivity index (χ3v) is 4.28. The SMILES string of the molecule is Fc1cc2[nH]c(=S)n(-c3c(F)cc(Br)cc3F)c2cc1Br. The summed E-state index contributed by atoms with van der Waals surface area (Å²) in [4.78, 5) is 2.73. The Kier molecular flexibility index (Phi) is 3.71. The lowest BCUT2D eigenvalue weighted by Gasteiger charge is -2.08. The Morgan fingerprint density at radius 2 is 1.57 bits per heavy atom. The average molecular weight is 438 g/mol. The van der Waals surface area contributed by atoms with E-state index in [1.54, 1.807) is 0 Å². The van der Waals surface area contributed by atoms with E-state index in [1.165, 1.54) is 16.7 Å². The second kappa shape index (κ2) is 5.26. The third kappa shape index (κ3) is 2.45. The highest BCUT2D eigenvalue weighted by Gasteiger charge is 2.17. The normalized spacial score (nSPS) is 11.3. The summed E-state index contributed by atoms with van der Waals surface area (Å²) in [7, 11) is 0. The fourth-order valence-corrected chi connectivity index (χ4v) is 3.11. The van der Waals surface area contributed by atoms with E-state index in [1.807, 2.05) is 0 Å². The van der Waals surface area contributed by atoms with Crippen molar-refractivity contribution in [3.05, 3.63) is 55.4 Å². The molecule has 0 radical (unpaired) electrons. The van der Waals surface area contributed by atoms with E-state index >= 15 is 0 Å². The number of nitrogens with one attached hydrogen (secondary N) is 1. The molecule has 8 heteroatoms. The maximum absolute atomic E-state index is 14.1. The average Bonchev–Trinajstić information content (AvgIpc) is 2.66. The number of fused-ring (bicyclic) bond motifs is 1. The molecule has 0 amide bonds. The molecule has 0 bridgehead atoms. The maximum Gasteiger partial charge on any atom is 0.182 e. The Balaban J connectivity index is 2.44. The molecule has 2 aromatic carbocycles. The molecule has 21 heavy (non-hydrogen) atoms. The molecule has 0 saturated heterocycles. The molecule has 0 aliphatic rings. The number of aromatic amines is 1. The van der Waals surface area contributed by atoms with E-state index in [0.29, 0.717) is 11.0 Å². The van der Waals surface area contributed by atoms with Crippen LogP contribution in [0, 0.1) is 22.2 Å². The first-order valence-corrected chi connectivity index (χ1v) is 7.62. The molecular formula is C13H5Br2F3N2S. The second-order valence-electron chi connectivity index (χ2n) is 4.27. The van der Waals surface area contributed by atoms with Gasteiger partial charge in [0.2, 0.25) is 0 Å². The molecule has 1 aromatic heterocycles. The number of nitrogens with zero attached hydrogens (tertiary/aromatic N) is 1. The largest absolute Gasteiger partial charge is 0.330 e. The van der Waals surface area contributed by atoms with Gasteiger partial charge < -0.3 is 4.98 Å². The smallest absolute Gasteiger partial charge is 0.182 e.